The van der Waals surface area contributed by atoms with Crippen LogP contribution in [0.1, 0.15) is 31.9 Å². The van der Waals surface area contributed by atoms with E-state index in [0.29, 0.717) is 5.69 Å². The molecule has 0 bridgehead atoms. The quantitative estimate of drug-likeness (QED) is 0.434. The molecule has 3 aromatic rings. The first-order chi connectivity index (χ1) is 14.7. The molecule has 0 aliphatic heterocycles. The molecule has 1 amide bonds. The maximum Gasteiger partial charge on any atom is 0.331 e. The Morgan fingerprint density at radius 1 is 0.935 bits per heavy atom. The van der Waals surface area contributed by atoms with E-state index >= 15 is 0 Å². The van der Waals surface area contributed by atoms with Crippen LogP contribution in [0, 0.1) is 0 Å². The number of rotatable bonds is 6. The van der Waals surface area contributed by atoms with Crippen LogP contribution in [0.5, 0.6) is 5.75 Å². The Kier molecular flexibility index (Phi) is 6.75. The molecule has 0 saturated carbocycles. The second-order valence-corrected chi connectivity index (χ2v) is 8.29. The highest BCUT2D eigenvalue weighted by Gasteiger charge is 2.13. The topological polar surface area (TPSA) is 64.6 Å². The molecular formula is C26H27NO4. The third-order valence-corrected chi connectivity index (χ3v) is 4.86. The Hall–Kier alpha value is -3.60. The largest absolute Gasteiger partial charge is 0.497 e. The van der Waals surface area contributed by atoms with Gasteiger partial charge in [-0.2, -0.15) is 0 Å². The van der Waals surface area contributed by atoms with Crippen molar-refractivity contribution in [1.29, 1.82) is 0 Å². The van der Waals surface area contributed by atoms with Crippen molar-refractivity contribution in [3.05, 3.63) is 77.9 Å². The fourth-order valence-electron chi connectivity index (χ4n) is 3.07. The number of anilines is 1. The zero-order chi connectivity index (χ0) is 22.4. The summed E-state index contributed by atoms with van der Waals surface area (Å²) in [5, 5.41) is 4.81. The lowest BCUT2D eigenvalue weighted by molar-refractivity contribution is -0.142. The van der Waals surface area contributed by atoms with Crippen molar-refractivity contribution in [2.75, 3.05) is 19.0 Å². The van der Waals surface area contributed by atoms with Crippen LogP contribution in [0.15, 0.2) is 66.7 Å². The number of carbonyl (C=O) groups is 2. The van der Waals surface area contributed by atoms with E-state index in [1.54, 1.807) is 13.2 Å². The van der Waals surface area contributed by atoms with Crippen LogP contribution in [0.3, 0.4) is 0 Å². The average Bonchev–Trinajstić information content (AvgIpc) is 2.75. The molecule has 160 valence electrons. The zero-order valence-corrected chi connectivity index (χ0v) is 18.3. The standard InChI is InChI=1S/C26H27NO4/c1-26(2,3)21-9-11-22(12-10-21)27-24(28)17-31-25(29)14-6-18-5-7-20-16-23(30-4)13-8-19(20)15-18/h5-16H,17H2,1-4H3,(H,27,28)/b14-6+. The normalized spacial score (nSPS) is 11.5. The van der Waals surface area contributed by atoms with Crippen molar-refractivity contribution < 1.29 is 19.1 Å². The Balaban J connectivity index is 1.51. The summed E-state index contributed by atoms with van der Waals surface area (Å²) in [6, 6.07) is 19.3. The number of benzene rings is 3. The minimum absolute atomic E-state index is 0.0440. The summed E-state index contributed by atoms with van der Waals surface area (Å²) in [6.45, 7) is 6.04. The highest BCUT2D eigenvalue weighted by molar-refractivity contribution is 5.95. The minimum atomic E-state index is -0.576. The van der Waals surface area contributed by atoms with Crippen LogP contribution in [0.2, 0.25) is 0 Å². The molecule has 0 aromatic heterocycles. The van der Waals surface area contributed by atoms with Crippen molar-refractivity contribution in [1.82, 2.24) is 0 Å². The number of fused-ring (bicyclic) bond motifs is 1. The minimum Gasteiger partial charge on any atom is -0.497 e. The zero-order valence-electron chi connectivity index (χ0n) is 18.3. The molecule has 3 aromatic carbocycles. The van der Waals surface area contributed by atoms with Crippen LogP contribution in [-0.2, 0) is 19.7 Å². The maximum atomic E-state index is 12.0. The van der Waals surface area contributed by atoms with Gasteiger partial charge < -0.3 is 14.8 Å². The van der Waals surface area contributed by atoms with Gasteiger partial charge in [0.1, 0.15) is 5.75 Å². The summed E-state index contributed by atoms with van der Waals surface area (Å²) < 4.78 is 10.3. The SMILES string of the molecule is COc1ccc2cc(/C=C/C(=O)OCC(=O)Nc3ccc(C(C)(C)C)cc3)ccc2c1. The summed E-state index contributed by atoms with van der Waals surface area (Å²) in [4.78, 5) is 24.0. The van der Waals surface area contributed by atoms with Gasteiger partial charge in [-0.1, -0.05) is 51.1 Å². The third kappa shape index (κ3) is 6.19. The molecule has 3 rings (SSSR count). The predicted molar refractivity (Wildman–Crippen MR) is 124 cm³/mol. The van der Waals surface area contributed by atoms with Crippen molar-refractivity contribution in [3.63, 3.8) is 0 Å². The molecule has 0 aliphatic carbocycles. The maximum absolute atomic E-state index is 12.0. The van der Waals surface area contributed by atoms with Crippen molar-refractivity contribution in [3.8, 4) is 5.75 Å². The van der Waals surface area contributed by atoms with Gasteiger partial charge in [0, 0.05) is 11.8 Å². The van der Waals surface area contributed by atoms with Gasteiger partial charge in [-0.3, -0.25) is 4.79 Å². The number of hydrogen-bond donors (Lipinski definition) is 1. The predicted octanol–water partition coefficient (Wildman–Crippen LogP) is 5.34. The fraction of sp³-hybridized carbons (Fsp3) is 0.231. The van der Waals surface area contributed by atoms with Crippen LogP contribution < -0.4 is 10.1 Å². The van der Waals surface area contributed by atoms with Gasteiger partial charge in [0.05, 0.1) is 7.11 Å². The molecule has 0 heterocycles. The summed E-state index contributed by atoms with van der Waals surface area (Å²) in [6.07, 6.45) is 2.98. The number of esters is 1. The van der Waals surface area contributed by atoms with Gasteiger partial charge >= 0.3 is 5.97 Å². The highest BCUT2D eigenvalue weighted by atomic mass is 16.5. The van der Waals surface area contributed by atoms with Crippen molar-refractivity contribution in [2.24, 2.45) is 0 Å². The van der Waals surface area contributed by atoms with Gasteiger partial charge in [0.15, 0.2) is 6.61 Å². The number of nitrogens with one attached hydrogen (secondary N) is 1. The number of amides is 1. The van der Waals surface area contributed by atoms with Gasteiger partial charge in [-0.15, -0.1) is 0 Å². The molecule has 0 radical (unpaired) electrons. The van der Waals surface area contributed by atoms with Gasteiger partial charge in [0.2, 0.25) is 0 Å². The van der Waals surface area contributed by atoms with Gasteiger partial charge in [-0.05, 0) is 63.7 Å². The van der Waals surface area contributed by atoms with E-state index in [2.05, 4.69) is 26.1 Å². The van der Waals surface area contributed by atoms with Crippen molar-refractivity contribution >= 4 is 34.4 Å². The lowest BCUT2D eigenvalue weighted by Crippen LogP contribution is -2.20. The summed E-state index contributed by atoms with van der Waals surface area (Å²) in [5.74, 6) is -0.166. The van der Waals surface area contributed by atoms with E-state index in [4.69, 9.17) is 9.47 Å². The van der Waals surface area contributed by atoms with Crippen LogP contribution in [0.25, 0.3) is 16.8 Å². The molecule has 0 unspecified atom stereocenters. The fourth-order valence-corrected chi connectivity index (χ4v) is 3.07. The van der Waals surface area contributed by atoms with Crippen molar-refractivity contribution in [2.45, 2.75) is 26.2 Å². The smallest absolute Gasteiger partial charge is 0.331 e. The van der Waals surface area contributed by atoms with Crippen LogP contribution in [0.4, 0.5) is 5.69 Å². The third-order valence-electron chi connectivity index (χ3n) is 4.86. The molecule has 5 heteroatoms. The number of ether oxygens (including phenoxy) is 2. The van der Waals surface area contributed by atoms with E-state index in [1.165, 1.54) is 11.6 Å². The molecule has 0 aliphatic rings. The summed E-state index contributed by atoms with van der Waals surface area (Å²) in [5.41, 5.74) is 2.74. The lowest BCUT2D eigenvalue weighted by Gasteiger charge is -2.19. The molecule has 0 saturated heterocycles. The molecular weight excluding hydrogens is 390 g/mol. The Morgan fingerprint density at radius 2 is 1.61 bits per heavy atom. The Bertz CT molecular complexity index is 1110. The van der Waals surface area contributed by atoms with Gasteiger partial charge in [-0.25, -0.2) is 4.79 Å². The van der Waals surface area contributed by atoms with E-state index in [1.807, 2.05) is 60.7 Å². The number of hydrogen-bond acceptors (Lipinski definition) is 4. The van der Waals surface area contributed by atoms with Crippen LogP contribution >= 0.6 is 0 Å². The molecule has 0 spiro atoms. The number of carbonyl (C=O) groups excluding carboxylic acids is 2. The Labute approximate surface area is 182 Å². The molecule has 5 nitrogen and oxygen atoms in total. The molecule has 31 heavy (non-hydrogen) atoms. The van der Waals surface area contributed by atoms with E-state index in [9.17, 15) is 9.59 Å². The summed E-state index contributed by atoms with van der Waals surface area (Å²) in [7, 11) is 1.63. The van der Waals surface area contributed by atoms with E-state index < -0.39 is 5.97 Å². The first kappa shape index (κ1) is 22.1. The molecule has 0 fully saturated rings. The highest BCUT2D eigenvalue weighted by Crippen LogP contribution is 2.24. The van der Waals surface area contributed by atoms with Crippen LogP contribution in [-0.4, -0.2) is 25.6 Å². The monoisotopic (exact) mass is 417 g/mol. The second-order valence-electron chi connectivity index (χ2n) is 8.29. The first-order valence-electron chi connectivity index (χ1n) is 10.1. The molecule has 1 N–H and O–H groups in total. The molecule has 0 atom stereocenters. The first-order valence-corrected chi connectivity index (χ1v) is 10.1. The summed E-state index contributed by atoms with van der Waals surface area (Å²) >= 11 is 0. The second kappa shape index (κ2) is 9.47. The lowest BCUT2D eigenvalue weighted by atomic mass is 9.87. The Morgan fingerprint density at radius 3 is 2.29 bits per heavy atom. The average molecular weight is 418 g/mol. The van der Waals surface area contributed by atoms with E-state index in [-0.39, 0.29) is 17.9 Å². The number of methoxy groups -OCH3 is 1. The van der Waals surface area contributed by atoms with E-state index in [0.717, 1.165) is 22.1 Å². The van der Waals surface area contributed by atoms with Gasteiger partial charge in [0.25, 0.3) is 5.91 Å².